The number of aromatic nitrogens is 2. The Hall–Kier alpha value is -5.44. The van der Waals surface area contributed by atoms with Gasteiger partial charge >= 0.3 is 5.97 Å². The average Bonchev–Trinajstić information content (AvgIpc) is 3.45. The number of para-hydroxylation sites is 1. The van der Waals surface area contributed by atoms with Crippen molar-refractivity contribution in [3.05, 3.63) is 101 Å². The number of nitrogens with zero attached hydrogens (tertiary/aromatic N) is 3. The number of benzene rings is 4. The molecule has 9 heteroatoms. The predicted molar refractivity (Wildman–Crippen MR) is 157 cm³/mol. The van der Waals surface area contributed by atoms with Gasteiger partial charge in [0.25, 0.3) is 5.56 Å². The predicted octanol–water partition coefficient (Wildman–Crippen LogP) is 5.79. The summed E-state index contributed by atoms with van der Waals surface area (Å²) in [4.78, 5) is 30.7. The molecule has 6 rings (SSSR count). The Bertz CT molecular complexity index is 2020. The van der Waals surface area contributed by atoms with Crippen LogP contribution < -0.4 is 15.0 Å². The lowest BCUT2D eigenvalue weighted by Gasteiger charge is -2.16. The van der Waals surface area contributed by atoms with Crippen LogP contribution in [0.25, 0.3) is 44.2 Å². The maximum Gasteiger partial charge on any atom is 0.346 e. The second-order valence-corrected chi connectivity index (χ2v) is 9.28. The van der Waals surface area contributed by atoms with E-state index in [1.54, 1.807) is 44.4 Å². The number of hydrogen-bond donors (Lipinski definition) is 0. The highest BCUT2D eigenvalue weighted by atomic mass is 16.6. The molecule has 0 aliphatic carbocycles. The van der Waals surface area contributed by atoms with Crippen molar-refractivity contribution in [2.75, 3.05) is 14.2 Å². The van der Waals surface area contributed by atoms with Crippen LogP contribution in [0, 0.1) is 0 Å². The summed E-state index contributed by atoms with van der Waals surface area (Å²) in [7, 11) is 2.89. The van der Waals surface area contributed by atoms with Crippen molar-refractivity contribution >= 4 is 44.8 Å². The fourth-order valence-electron chi connectivity index (χ4n) is 4.74. The zero-order chi connectivity index (χ0) is 28.5. The molecule has 2 heterocycles. The van der Waals surface area contributed by atoms with Crippen molar-refractivity contribution in [3.63, 3.8) is 0 Å². The topological polar surface area (TPSA) is 105 Å². The maximum atomic E-state index is 13.8. The van der Waals surface area contributed by atoms with Gasteiger partial charge in [-0.25, -0.2) is 9.78 Å². The number of esters is 1. The fraction of sp³-hybridized carbons (Fsp3) is 0.125. The zero-order valence-electron chi connectivity index (χ0n) is 22.5. The Labute approximate surface area is 234 Å². The first-order valence-electron chi connectivity index (χ1n) is 12.9. The minimum Gasteiger partial charge on any atom is -0.496 e. The highest BCUT2D eigenvalue weighted by Gasteiger charge is 2.20. The third kappa shape index (κ3) is 4.67. The molecule has 0 bridgehead atoms. The molecule has 41 heavy (non-hydrogen) atoms. The van der Waals surface area contributed by atoms with E-state index in [1.165, 1.54) is 18.0 Å². The Morgan fingerprint density at radius 1 is 0.927 bits per heavy atom. The van der Waals surface area contributed by atoms with Gasteiger partial charge in [0.2, 0.25) is 5.82 Å². The summed E-state index contributed by atoms with van der Waals surface area (Å²) in [6.07, 6.45) is 0.672. The molecule has 0 fully saturated rings. The van der Waals surface area contributed by atoms with Gasteiger partial charge in [-0.1, -0.05) is 48.5 Å². The third-order valence-corrected chi connectivity index (χ3v) is 6.79. The lowest BCUT2D eigenvalue weighted by Crippen LogP contribution is -2.25. The lowest BCUT2D eigenvalue weighted by atomic mass is 10.0. The maximum absolute atomic E-state index is 13.8. The van der Waals surface area contributed by atoms with E-state index in [0.29, 0.717) is 39.3 Å². The first kappa shape index (κ1) is 25.8. The van der Waals surface area contributed by atoms with Crippen LogP contribution in [0.2, 0.25) is 0 Å². The van der Waals surface area contributed by atoms with Gasteiger partial charge in [-0.2, -0.15) is 9.78 Å². The van der Waals surface area contributed by atoms with Gasteiger partial charge in [0.05, 0.1) is 36.7 Å². The molecule has 0 unspecified atom stereocenters. The van der Waals surface area contributed by atoms with Crippen molar-refractivity contribution in [2.24, 2.45) is 5.10 Å². The van der Waals surface area contributed by atoms with Gasteiger partial charge in [-0.05, 0) is 54.1 Å². The molecule has 4 aromatic carbocycles. The van der Waals surface area contributed by atoms with Crippen LogP contribution in [-0.2, 0) is 9.53 Å². The molecule has 204 valence electrons. The Morgan fingerprint density at radius 3 is 2.51 bits per heavy atom. The molecular weight excluding hydrogens is 522 g/mol. The summed E-state index contributed by atoms with van der Waals surface area (Å²) < 4.78 is 23.6. The van der Waals surface area contributed by atoms with Crippen LogP contribution in [0.1, 0.15) is 12.5 Å². The number of ether oxygens (including phenoxy) is 3. The lowest BCUT2D eigenvalue weighted by molar-refractivity contribution is -0.147. The minimum atomic E-state index is -0.862. The van der Waals surface area contributed by atoms with E-state index in [4.69, 9.17) is 23.6 Å². The molecule has 9 nitrogen and oxygen atoms in total. The number of carbonyl (C=O) groups is 1. The molecular formula is C32H25N3O6. The van der Waals surface area contributed by atoms with E-state index < -0.39 is 12.1 Å². The van der Waals surface area contributed by atoms with E-state index in [9.17, 15) is 9.59 Å². The standard InChI is InChI=1S/C32H25N3O6/c1-19(32(37)39-3)40-28-16-15-20-9-4-5-10-21(20)24(28)18-33-35-30(34-25-12-7-6-11-22(25)31(35)36)29-17-23-26(38-2)13-8-14-27(23)41-29/h4-19H,1-3H3/t19-/m1/s1. The van der Waals surface area contributed by atoms with E-state index >= 15 is 0 Å². The quantitative estimate of drug-likeness (QED) is 0.184. The summed E-state index contributed by atoms with van der Waals surface area (Å²) in [5, 5.41) is 7.52. The molecule has 0 aliphatic rings. The zero-order valence-corrected chi connectivity index (χ0v) is 22.5. The largest absolute Gasteiger partial charge is 0.496 e. The van der Waals surface area contributed by atoms with Crippen molar-refractivity contribution < 1.29 is 23.4 Å². The normalized spacial score (nSPS) is 12.3. The molecule has 0 saturated carbocycles. The summed E-state index contributed by atoms with van der Waals surface area (Å²) >= 11 is 0. The Balaban J connectivity index is 1.56. The molecule has 0 amide bonds. The third-order valence-electron chi connectivity index (χ3n) is 6.79. The number of fused-ring (bicyclic) bond motifs is 3. The fourth-order valence-corrected chi connectivity index (χ4v) is 4.74. The van der Waals surface area contributed by atoms with E-state index in [1.807, 2.05) is 54.6 Å². The number of carbonyl (C=O) groups excluding carboxylic acids is 1. The molecule has 1 atom stereocenters. The second-order valence-electron chi connectivity index (χ2n) is 9.28. The molecule has 0 radical (unpaired) electrons. The number of hydrogen-bond acceptors (Lipinski definition) is 8. The monoisotopic (exact) mass is 547 g/mol. The first-order chi connectivity index (χ1) is 20.0. The summed E-state index contributed by atoms with van der Waals surface area (Å²) in [6.45, 7) is 1.60. The van der Waals surface area contributed by atoms with Crippen molar-refractivity contribution in [1.29, 1.82) is 0 Å². The smallest absolute Gasteiger partial charge is 0.346 e. The van der Waals surface area contributed by atoms with Gasteiger partial charge in [0.15, 0.2) is 11.9 Å². The number of furan rings is 1. The van der Waals surface area contributed by atoms with Gasteiger partial charge in [-0.3, -0.25) is 4.79 Å². The van der Waals surface area contributed by atoms with Crippen LogP contribution in [-0.4, -0.2) is 42.2 Å². The first-order valence-corrected chi connectivity index (χ1v) is 12.9. The minimum absolute atomic E-state index is 0.217. The summed E-state index contributed by atoms with van der Waals surface area (Å²) in [5.41, 5.74) is 1.29. The highest BCUT2D eigenvalue weighted by molar-refractivity contribution is 6.02. The average molecular weight is 548 g/mol. The van der Waals surface area contributed by atoms with Gasteiger partial charge in [0, 0.05) is 5.56 Å². The van der Waals surface area contributed by atoms with Crippen molar-refractivity contribution in [3.8, 4) is 23.1 Å². The van der Waals surface area contributed by atoms with E-state index in [-0.39, 0.29) is 11.4 Å². The van der Waals surface area contributed by atoms with Crippen LogP contribution >= 0.6 is 0 Å². The van der Waals surface area contributed by atoms with Crippen LogP contribution in [0.3, 0.4) is 0 Å². The van der Waals surface area contributed by atoms with Gasteiger partial charge in [-0.15, -0.1) is 0 Å². The molecule has 0 aliphatic heterocycles. The van der Waals surface area contributed by atoms with Crippen molar-refractivity contribution in [2.45, 2.75) is 13.0 Å². The summed E-state index contributed by atoms with van der Waals surface area (Å²) in [6, 6.07) is 25.6. The van der Waals surface area contributed by atoms with Gasteiger partial charge in [0.1, 0.15) is 17.1 Å². The van der Waals surface area contributed by atoms with Crippen LogP contribution in [0.4, 0.5) is 0 Å². The van der Waals surface area contributed by atoms with E-state index in [0.717, 1.165) is 16.2 Å². The van der Waals surface area contributed by atoms with E-state index in [2.05, 4.69) is 5.10 Å². The van der Waals surface area contributed by atoms with Crippen LogP contribution in [0.15, 0.2) is 99.2 Å². The summed E-state index contributed by atoms with van der Waals surface area (Å²) in [5.74, 6) is 1.08. The van der Waals surface area contributed by atoms with Gasteiger partial charge < -0.3 is 18.6 Å². The number of methoxy groups -OCH3 is 2. The highest BCUT2D eigenvalue weighted by Crippen LogP contribution is 2.33. The second kappa shape index (κ2) is 10.6. The Morgan fingerprint density at radius 2 is 1.71 bits per heavy atom. The Kier molecular flexibility index (Phi) is 6.68. The SMILES string of the molecule is COC(=O)[C@@H](C)Oc1ccc2ccccc2c1C=Nn1c(-c2cc3c(OC)cccc3o2)nc2ccccc2c1=O. The van der Waals surface area contributed by atoms with Crippen molar-refractivity contribution in [1.82, 2.24) is 9.66 Å². The van der Waals surface area contributed by atoms with Crippen LogP contribution in [0.5, 0.6) is 11.5 Å². The molecule has 0 spiro atoms. The molecule has 0 N–H and O–H groups in total. The molecule has 2 aromatic heterocycles. The number of rotatable bonds is 7. The molecule has 0 saturated heterocycles. The molecule has 6 aromatic rings.